The lowest BCUT2D eigenvalue weighted by Gasteiger charge is -2.10. The Bertz CT molecular complexity index is 361. The topological polar surface area (TPSA) is 29.1 Å². The van der Waals surface area contributed by atoms with E-state index in [4.69, 9.17) is 0 Å². The average molecular weight is 217 g/mol. The summed E-state index contributed by atoms with van der Waals surface area (Å²) in [5, 5.41) is 3.24. The molecular formula is C14H19NO. The van der Waals surface area contributed by atoms with Crippen LogP contribution in [0.15, 0.2) is 24.3 Å². The smallest absolute Gasteiger partial charge is 0.179 e. The fraction of sp³-hybridized carbons (Fsp3) is 0.500. The zero-order valence-corrected chi connectivity index (χ0v) is 9.99. The van der Waals surface area contributed by atoms with Gasteiger partial charge in [-0.15, -0.1) is 0 Å². The molecule has 2 nitrogen and oxygen atoms in total. The quantitative estimate of drug-likeness (QED) is 0.789. The highest BCUT2D eigenvalue weighted by Gasteiger charge is 2.22. The van der Waals surface area contributed by atoms with E-state index in [9.17, 15) is 4.79 Å². The van der Waals surface area contributed by atoms with Crippen LogP contribution in [0.1, 0.15) is 48.5 Å². The lowest BCUT2D eigenvalue weighted by Crippen LogP contribution is -2.30. The van der Waals surface area contributed by atoms with E-state index >= 15 is 0 Å². The van der Waals surface area contributed by atoms with Gasteiger partial charge in [0, 0.05) is 5.56 Å². The van der Waals surface area contributed by atoms with Gasteiger partial charge in [-0.05, 0) is 30.9 Å². The summed E-state index contributed by atoms with van der Waals surface area (Å²) in [7, 11) is 0. The Morgan fingerprint density at radius 3 is 2.50 bits per heavy atom. The number of hydrogen-bond donors (Lipinski definition) is 1. The first kappa shape index (κ1) is 11.3. The van der Waals surface area contributed by atoms with Crippen LogP contribution in [-0.2, 0) is 0 Å². The lowest BCUT2D eigenvalue weighted by atomic mass is 9.98. The largest absolute Gasteiger partial charge is 0.307 e. The van der Waals surface area contributed by atoms with Crippen LogP contribution in [0, 0.1) is 0 Å². The Balaban J connectivity index is 2.11. The zero-order chi connectivity index (χ0) is 11.5. The van der Waals surface area contributed by atoms with Crippen molar-refractivity contribution in [2.24, 2.45) is 0 Å². The summed E-state index contributed by atoms with van der Waals surface area (Å²) in [5.74, 6) is 0.765. The molecule has 1 N–H and O–H groups in total. The molecule has 86 valence electrons. The van der Waals surface area contributed by atoms with E-state index < -0.39 is 0 Å². The van der Waals surface area contributed by atoms with Crippen molar-refractivity contribution in [3.8, 4) is 0 Å². The third-order valence-electron chi connectivity index (χ3n) is 3.24. The monoisotopic (exact) mass is 217 g/mol. The van der Waals surface area contributed by atoms with Gasteiger partial charge in [0.15, 0.2) is 5.78 Å². The molecule has 1 atom stereocenters. The van der Waals surface area contributed by atoms with Crippen molar-refractivity contribution in [3.05, 3.63) is 35.4 Å². The van der Waals surface area contributed by atoms with Crippen molar-refractivity contribution in [2.75, 3.05) is 6.54 Å². The number of ketones is 1. The van der Waals surface area contributed by atoms with Gasteiger partial charge < -0.3 is 5.32 Å². The van der Waals surface area contributed by atoms with E-state index in [1.807, 2.05) is 12.1 Å². The highest BCUT2D eigenvalue weighted by atomic mass is 16.1. The summed E-state index contributed by atoms with van der Waals surface area (Å²) in [5.41, 5.74) is 2.12. The summed E-state index contributed by atoms with van der Waals surface area (Å²) in [4.78, 5) is 12.1. The molecule has 1 saturated heterocycles. The molecule has 0 aliphatic carbocycles. The Morgan fingerprint density at radius 2 is 2.00 bits per heavy atom. The average Bonchev–Trinajstić information content (AvgIpc) is 2.81. The molecule has 0 amide bonds. The van der Waals surface area contributed by atoms with Crippen molar-refractivity contribution in [2.45, 2.75) is 38.6 Å². The van der Waals surface area contributed by atoms with Crippen molar-refractivity contribution in [1.29, 1.82) is 0 Å². The number of Topliss-reactive ketones (excluding diaryl/α,β-unsaturated/α-hetero) is 1. The molecule has 1 aromatic rings. The molecule has 1 unspecified atom stereocenters. The molecule has 0 spiro atoms. The van der Waals surface area contributed by atoms with Crippen LogP contribution in [-0.4, -0.2) is 18.4 Å². The maximum absolute atomic E-state index is 12.1. The number of carbonyl (C=O) groups is 1. The normalized spacial score (nSPS) is 20.3. The predicted molar refractivity (Wildman–Crippen MR) is 65.9 cm³/mol. The molecule has 0 radical (unpaired) electrons. The first-order valence-corrected chi connectivity index (χ1v) is 6.06. The van der Waals surface area contributed by atoms with Crippen LogP contribution in [0.25, 0.3) is 0 Å². The first-order chi connectivity index (χ1) is 7.68. The standard InChI is InChI=1S/C14H19NO/c1-10(2)11-5-7-12(8-6-11)14(16)13-4-3-9-15-13/h5-8,10,13,15H,3-4,9H2,1-2H3. The third kappa shape index (κ3) is 2.33. The number of hydrogen-bond acceptors (Lipinski definition) is 2. The minimum Gasteiger partial charge on any atom is -0.307 e. The highest BCUT2D eigenvalue weighted by molar-refractivity contribution is 6.00. The molecule has 0 saturated carbocycles. The number of rotatable bonds is 3. The number of nitrogens with one attached hydrogen (secondary N) is 1. The summed E-state index contributed by atoms with van der Waals surface area (Å²) in [6.45, 7) is 5.30. The highest BCUT2D eigenvalue weighted by Crippen LogP contribution is 2.17. The Morgan fingerprint density at radius 1 is 1.31 bits per heavy atom. The van der Waals surface area contributed by atoms with Crippen molar-refractivity contribution < 1.29 is 4.79 Å². The fourth-order valence-electron chi connectivity index (χ4n) is 2.14. The molecule has 1 aromatic carbocycles. The van der Waals surface area contributed by atoms with E-state index in [2.05, 4.69) is 31.3 Å². The summed E-state index contributed by atoms with van der Waals surface area (Å²) in [6.07, 6.45) is 2.09. The molecule has 1 aliphatic heterocycles. The van der Waals surface area contributed by atoms with Gasteiger partial charge in [0.05, 0.1) is 6.04 Å². The Kier molecular flexibility index (Phi) is 3.39. The molecule has 0 bridgehead atoms. The van der Waals surface area contributed by atoms with Crippen LogP contribution in [0.4, 0.5) is 0 Å². The first-order valence-electron chi connectivity index (χ1n) is 6.06. The van der Waals surface area contributed by atoms with Gasteiger partial charge in [-0.25, -0.2) is 0 Å². The van der Waals surface area contributed by atoms with Crippen molar-refractivity contribution in [1.82, 2.24) is 5.32 Å². The molecule has 2 heteroatoms. The molecule has 2 rings (SSSR count). The second-order valence-corrected chi connectivity index (χ2v) is 4.79. The summed E-state index contributed by atoms with van der Waals surface area (Å²) >= 11 is 0. The number of benzene rings is 1. The van der Waals surface area contributed by atoms with Crippen LogP contribution in [0.2, 0.25) is 0 Å². The molecule has 1 aliphatic rings. The second kappa shape index (κ2) is 4.79. The fourth-order valence-corrected chi connectivity index (χ4v) is 2.14. The third-order valence-corrected chi connectivity index (χ3v) is 3.24. The van der Waals surface area contributed by atoms with Crippen molar-refractivity contribution >= 4 is 5.78 Å². The van der Waals surface area contributed by atoms with Crippen molar-refractivity contribution in [3.63, 3.8) is 0 Å². The van der Waals surface area contributed by atoms with Gasteiger partial charge in [-0.2, -0.15) is 0 Å². The minimum absolute atomic E-state index is 0.0462. The second-order valence-electron chi connectivity index (χ2n) is 4.79. The van der Waals surface area contributed by atoms with E-state index in [-0.39, 0.29) is 11.8 Å². The minimum atomic E-state index is 0.0462. The van der Waals surface area contributed by atoms with Crippen LogP contribution >= 0.6 is 0 Å². The van der Waals surface area contributed by atoms with Gasteiger partial charge in [0.1, 0.15) is 0 Å². The van der Waals surface area contributed by atoms with E-state index in [0.717, 1.165) is 24.9 Å². The van der Waals surface area contributed by atoms with Gasteiger partial charge >= 0.3 is 0 Å². The molecule has 1 fully saturated rings. The molecule has 1 heterocycles. The predicted octanol–water partition coefficient (Wildman–Crippen LogP) is 2.74. The maximum Gasteiger partial charge on any atom is 0.179 e. The van der Waals surface area contributed by atoms with E-state index in [1.54, 1.807) is 0 Å². The van der Waals surface area contributed by atoms with Gasteiger partial charge in [0.2, 0.25) is 0 Å². The van der Waals surface area contributed by atoms with Gasteiger partial charge in [0.25, 0.3) is 0 Å². The maximum atomic E-state index is 12.1. The molecule has 16 heavy (non-hydrogen) atoms. The summed E-state index contributed by atoms with van der Waals surface area (Å²) < 4.78 is 0. The van der Waals surface area contributed by atoms with Gasteiger partial charge in [-0.3, -0.25) is 4.79 Å². The SMILES string of the molecule is CC(C)c1ccc(C(=O)C2CCCN2)cc1. The lowest BCUT2D eigenvalue weighted by molar-refractivity contribution is 0.0952. The van der Waals surface area contributed by atoms with E-state index in [0.29, 0.717) is 5.92 Å². The zero-order valence-electron chi connectivity index (χ0n) is 9.99. The molecular weight excluding hydrogens is 198 g/mol. The summed E-state index contributed by atoms with van der Waals surface area (Å²) in [6, 6.07) is 8.08. The van der Waals surface area contributed by atoms with Crippen LogP contribution in [0.5, 0.6) is 0 Å². The number of carbonyl (C=O) groups excluding carboxylic acids is 1. The van der Waals surface area contributed by atoms with E-state index in [1.165, 1.54) is 5.56 Å². The van der Waals surface area contributed by atoms with Crippen LogP contribution < -0.4 is 5.32 Å². The molecule has 0 aromatic heterocycles. The van der Waals surface area contributed by atoms with Crippen LogP contribution in [0.3, 0.4) is 0 Å². The Labute approximate surface area is 97.1 Å². The Hall–Kier alpha value is -1.15. The van der Waals surface area contributed by atoms with Gasteiger partial charge in [-0.1, -0.05) is 38.1 Å².